The van der Waals surface area contributed by atoms with Crippen LogP contribution in [0.1, 0.15) is 36.8 Å². The summed E-state index contributed by atoms with van der Waals surface area (Å²) in [6.07, 6.45) is 3.13. The molecule has 0 spiro atoms. The molecule has 1 atom stereocenters. The maximum absolute atomic E-state index is 4.58. The second kappa shape index (κ2) is 7.41. The monoisotopic (exact) mass is 289 g/mol. The topological polar surface area (TPSA) is 28.2 Å². The highest BCUT2D eigenvalue weighted by Gasteiger charge is 2.07. The van der Waals surface area contributed by atoms with Gasteiger partial charge >= 0.3 is 0 Å². The van der Waals surface area contributed by atoms with Crippen LogP contribution >= 0.6 is 11.3 Å². The van der Waals surface area contributed by atoms with Crippen molar-refractivity contribution in [3.8, 4) is 0 Å². The fourth-order valence-corrected chi connectivity index (χ4v) is 2.83. The van der Waals surface area contributed by atoms with E-state index < -0.39 is 0 Å². The molecule has 1 N–H and O–H groups in total. The predicted molar refractivity (Wildman–Crippen MR) is 87.4 cm³/mol. The van der Waals surface area contributed by atoms with Crippen molar-refractivity contribution in [1.82, 2.24) is 10.3 Å². The lowest BCUT2D eigenvalue weighted by Crippen LogP contribution is -2.20. The molecular formula is C16H23N3S. The normalized spacial score (nSPS) is 12.3. The molecule has 108 valence electrons. The van der Waals surface area contributed by atoms with Crippen molar-refractivity contribution >= 4 is 17.2 Å². The number of pyridine rings is 1. The molecule has 20 heavy (non-hydrogen) atoms. The van der Waals surface area contributed by atoms with Crippen molar-refractivity contribution in [2.75, 3.05) is 18.5 Å². The van der Waals surface area contributed by atoms with Gasteiger partial charge in [0.25, 0.3) is 0 Å². The number of nitrogens with one attached hydrogen (secondary N) is 1. The van der Waals surface area contributed by atoms with E-state index in [2.05, 4.69) is 65.7 Å². The molecule has 0 radical (unpaired) electrons. The summed E-state index contributed by atoms with van der Waals surface area (Å²) >= 11 is 1.78. The number of hydrogen-bond donors (Lipinski definition) is 1. The molecule has 2 aromatic heterocycles. The third kappa shape index (κ3) is 4.05. The van der Waals surface area contributed by atoms with Crippen LogP contribution in [0.3, 0.4) is 0 Å². The minimum absolute atomic E-state index is 0.360. The number of hydrogen-bond acceptors (Lipinski definition) is 4. The van der Waals surface area contributed by atoms with Crippen molar-refractivity contribution in [2.24, 2.45) is 0 Å². The molecule has 3 nitrogen and oxygen atoms in total. The minimum Gasteiger partial charge on any atom is -0.355 e. The summed E-state index contributed by atoms with van der Waals surface area (Å²) in [4.78, 5) is 8.12. The SMILES string of the molecule is CCCNC(C)c1ccc(N(C)Cc2cccs2)nc1. The summed E-state index contributed by atoms with van der Waals surface area (Å²) in [7, 11) is 2.08. The zero-order chi connectivity index (χ0) is 14.4. The van der Waals surface area contributed by atoms with Crippen LogP contribution in [-0.2, 0) is 6.54 Å². The van der Waals surface area contributed by atoms with Gasteiger partial charge in [-0.05, 0) is 43.0 Å². The van der Waals surface area contributed by atoms with E-state index >= 15 is 0 Å². The summed E-state index contributed by atoms with van der Waals surface area (Å²) < 4.78 is 0. The van der Waals surface area contributed by atoms with Gasteiger partial charge in [-0.15, -0.1) is 11.3 Å². The van der Waals surface area contributed by atoms with E-state index in [1.807, 2.05) is 6.20 Å². The van der Waals surface area contributed by atoms with Crippen LogP contribution in [0.5, 0.6) is 0 Å². The Balaban J connectivity index is 1.96. The van der Waals surface area contributed by atoms with Crippen LogP contribution in [-0.4, -0.2) is 18.6 Å². The van der Waals surface area contributed by atoms with Crippen LogP contribution in [0.25, 0.3) is 0 Å². The van der Waals surface area contributed by atoms with Gasteiger partial charge in [-0.1, -0.05) is 19.1 Å². The summed E-state index contributed by atoms with van der Waals surface area (Å²) in [5.74, 6) is 1.02. The van der Waals surface area contributed by atoms with Crippen molar-refractivity contribution < 1.29 is 0 Å². The standard InChI is InChI=1S/C16H23N3S/c1-4-9-17-13(2)14-7-8-16(18-11-14)19(3)12-15-6-5-10-20-15/h5-8,10-11,13,17H,4,9,12H2,1-3H3. The van der Waals surface area contributed by atoms with Crippen LogP contribution in [0.4, 0.5) is 5.82 Å². The Kier molecular flexibility index (Phi) is 5.56. The maximum atomic E-state index is 4.58. The lowest BCUT2D eigenvalue weighted by molar-refractivity contribution is 0.569. The Hall–Kier alpha value is -1.39. The molecule has 0 aliphatic heterocycles. The first-order valence-corrected chi connectivity index (χ1v) is 8.01. The fourth-order valence-electron chi connectivity index (χ4n) is 2.08. The molecular weight excluding hydrogens is 266 g/mol. The molecule has 1 unspecified atom stereocenters. The van der Waals surface area contributed by atoms with E-state index in [9.17, 15) is 0 Å². The Morgan fingerprint density at radius 3 is 2.80 bits per heavy atom. The minimum atomic E-state index is 0.360. The Bertz CT molecular complexity index is 493. The number of aromatic nitrogens is 1. The third-order valence-corrected chi connectivity index (χ3v) is 4.20. The fraction of sp³-hybridized carbons (Fsp3) is 0.438. The van der Waals surface area contributed by atoms with Gasteiger partial charge in [0.2, 0.25) is 0 Å². The van der Waals surface area contributed by atoms with Gasteiger partial charge in [0.1, 0.15) is 5.82 Å². The van der Waals surface area contributed by atoms with Crippen molar-refractivity contribution in [1.29, 1.82) is 0 Å². The Labute approximate surface area is 125 Å². The van der Waals surface area contributed by atoms with Crippen molar-refractivity contribution in [3.63, 3.8) is 0 Å². The molecule has 0 saturated carbocycles. The van der Waals surface area contributed by atoms with Gasteiger partial charge in [0, 0.05) is 24.2 Å². The van der Waals surface area contributed by atoms with E-state index in [0.29, 0.717) is 6.04 Å². The molecule has 2 rings (SSSR count). The molecule has 0 amide bonds. The average molecular weight is 289 g/mol. The first-order valence-electron chi connectivity index (χ1n) is 7.13. The lowest BCUT2D eigenvalue weighted by atomic mass is 10.1. The van der Waals surface area contributed by atoms with Crippen molar-refractivity contribution in [3.05, 3.63) is 46.3 Å². The second-order valence-corrected chi connectivity index (χ2v) is 6.09. The number of thiophene rings is 1. The molecule has 0 bridgehead atoms. The maximum Gasteiger partial charge on any atom is 0.128 e. The Morgan fingerprint density at radius 1 is 1.35 bits per heavy atom. The smallest absolute Gasteiger partial charge is 0.128 e. The molecule has 2 aromatic rings. The lowest BCUT2D eigenvalue weighted by Gasteiger charge is -2.19. The van der Waals surface area contributed by atoms with Crippen LogP contribution in [0.2, 0.25) is 0 Å². The first kappa shape index (κ1) is 15.0. The van der Waals surface area contributed by atoms with Gasteiger partial charge in [-0.25, -0.2) is 4.98 Å². The van der Waals surface area contributed by atoms with E-state index in [-0.39, 0.29) is 0 Å². The first-order chi connectivity index (χ1) is 9.70. The van der Waals surface area contributed by atoms with Crippen LogP contribution < -0.4 is 10.2 Å². The summed E-state index contributed by atoms with van der Waals surface area (Å²) in [6.45, 7) is 6.32. The highest BCUT2D eigenvalue weighted by atomic mass is 32.1. The van der Waals surface area contributed by atoms with E-state index in [1.54, 1.807) is 11.3 Å². The Morgan fingerprint density at radius 2 is 2.20 bits per heavy atom. The summed E-state index contributed by atoms with van der Waals surface area (Å²) in [5, 5.41) is 5.59. The van der Waals surface area contributed by atoms with Gasteiger partial charge in [-0.3, -0.25) is 0 Å². The zero-order valence-corrected chi connectivity index (χ0v) is 13.3. The third-order valence-electron chi connectivity index (χ3n) is 3.34. The second-order valence-electron chi connectivity index (χ2n) is 5.06. The van der Waals surface area contributed by atoms with E-state index in [1.165, 1.54) is 10.4 Å². The molecule has 2 heterocycles. The number of nitrogens with zero attached hydrogens (tertiary/aromatic N) is 2. The van der Waals surface area contributed by atoms with Gasteiger partial charge < -0.3 is 10.2 Å². The van der Waals surface area contributed by atoms with Crippen molar-refractivity contribution in [2.45, 2.75) is 32.9 Å². The summed E-state index contributed by atoms with van der Waals surface area (Å²) in [5.41, 5.74) is 1.24. The van der Waals surface area contributed by atoms with Gasteiger partial charge in [0.15, 0.2) is 0 Å². The molecule has 0 saturated heterocycles. The number of anilines is 1. The van der Waals surface area contributed by atoms with Crippen LogP contribution in [0, 0.1) is 0 Å². The zero-order valence-electron chi connectivity index (χ0n) is 12.5. The van der Waals surface area contributed by atoms with Gasteiger partial charge in [0.05, 0.1) is 6.54 Å². The van der Waals surface area contributed by atoms with Crippen LogP contribution in [0.15, 0.2) is 35.8 Å². The van der Waals surface area contributed by atoms with E-state index in [0.717, 1.165) is 25.3 Å². The highest BCUT2D eigenvalue weighted by molar-refractivity contribution is 7.09. The molecule has 0 fully saturated rings. The average Bonchev–Trinajstić information content (AvgIpc) is 2.97. The quantitative estimate of drug-likeness (QED) is 0.839. The highest BCUT2D eigenvalue weighted by Crippen LogP contribution is 2.18. The van der Waals surface area contributed by atoms with E-state index in [4.69, 9.17) is 0 Å². The molecule has 0 aromatic carbocycles. The molecule has 0 aliphatic carbocycles. The summed E-state index contributed by atoms with van der Waals surface area (Å²) in [6, 6.07) is 8.88. The molecule has 4 heteroatoms. The van der Waals surface area contributed by atoms with Gasteiger partial charge in [-0.2, -0.15) is 0 Å². The molecule has 0 aliphatic rings. The number of rotatable bonds is 7. The predicted octanol–water partition coefficient (Wildman–Crippen LogP) is 3.84. The largest absolute Gasteiger partial charge is 0.355 e.